The van der Waals surface area contributed by atoms with Crippen LogP contribution >= 0.6 is 0 Å². The van der Waals surface area contributed by atoms with Gasteiger partial charge in [-0.3, -0.25) is 10.7 Å². The summed E-state index contributed by atoms with van der Waals surface area (Å²) in [6.45, 7) is 2.64. The van der Waals surface area contributed by atoms with Crippen LogP contribution in [0.2, 0.25) is 0 Å². The molecule has 114 valence electrons. The second kappa shape index (κ2) is 7.19. The van der Waals surface area contributed by atoms with Gasteiger partial charge in [0.15, 0.2) is 11.5 Å². The third-order valence-electron chi connectivity index (χ3n) is 2.71. The van der Waals surface area contributed by atoms with Crippen molar-refractivity contribution in [1.29, 1.82) is 0 Å². The van der Waals surface area contributed by atoms with E-state index in [2.05, 4.69) is 31.2 Å². The fourth-order valence-electron chi connectivity index (χ4n) is 1.66. The predicted molar refractivity (Wildman–Crippen MR) is 78.5 cm³/mol. The summed E-state index contributed by atoms with van der Waals surface area (Å²) in [6, 6.07) is 3.99. The Hall–Kier alpha value is -2.92. The molecule has 8 heteroatoms. The summed E-state index contributed by atoms with van der Waals surface area (Å²) in [5.74, 6) is 2.02. The second-order valence-corrected chi connectivity index (χ2v) is 4.27. The summed E-state index contributed by atoms with van der Waals surface area (Å²) < 4.78 is 18.0. The molecule has 1 aromatic heterocycles. The van der Waals surface area contributed by atoms with Crippen molar-refractivity contribution in [3.8, 4) is 12.3 Å². The van der Waals surface area contributed by atoms with Crippen molar-refractivity contribution in [3.63, 3.8) is 0 Å². The van der Waals surface area contributed by atoms with E-state index in [0.29, 0.717) is 18.1 Å². The van der Waals surface area contributed by atoms with Gasteiger partial charge in [0.25, 0.3) is 0 Å². The first-order chi connectivity index (χ1) is 10.7. The van der Waals surface area contributed by atoms with Gasteiger partial charge in [-0.05, 0) is 34.9 Å². The number of anilines is 1. The average molecular weight is 303 g/mol. The summed E-state index contributed by atoms with van der Waals surface area (Å²) in [4.78, 5) is 4.13. The summed E-state index contributed by atoms with van der Waals surface area (Å²) >= 11 is 0. The van der Waals surface area contributed by atoms with Crippen LogP contribution in [-0.2, 0) is 0 Å². The number of hydroxylamine groups is 1. The highest BCUT2D eigenvalue weighted by Gasteiger charge is 2.16. The molecule has 1 aromatic carbocycles. The minimum atomic E-state index is -0.520. The highest BCUT2D eigenvalue weighted by atomic mass is 19.1. The molecule has 0 saturated carbocycles. The normalized spacial score (nSPS) is 11.1. The van der Waals surface area contributed by atoms with Gasteiger partial charge in [-0.1, -0.05) is 12.8 Å². The number of amidine groups is 1. The van der Waals surface area contributed by atoms with Crippen molar-refractivity contribution in [2.75, 3.05) is 11.9 Å². The lowest BCUT2D eigenvalue weighted by molar-refractivity contribution is 0.234. The van der Waals surface area contributed by atoms with E-state index in [-0.39, 0.29) is 17.1 Å². The maximum atomic E-state index is 13.4. The molecular weight excluding hydrogens is 289 g/mol. The van der Waals surface area contributed by atoms with E-state index in [1.807, 2.05) is 12.4 Å². The van der Waals surface area contributed by atoms with Crippen LogP contribution in [0.3, 0.4) is 0 Å². The topological polar surface area (TPSA) is 95.6 Å². The molecular formula is C14H14FN5O2. The van der Waals surface area contributed by atoms with Crippen molar-refractivity contribution in [2.24, 2.45) is 4.99 Å². The summed E-state index contributed by atoms with van der Waals surface area (Å²) in [7, 11) is 0. The molecule has 1 heterocycles. The number of hydrogen-bond acceptors (Lipinski definition) is 6. The van der Waals surface area contributed by atoms with Crippen LogP contribution < -0.4 is 10.8 Å². The number of aliphatic imine (C=N–C) groups is 1. The number of hydrogen-bond donors (Lipinski definition) is 3. The zero-order chi connectivity index (χ0) is 15.9. The molecule has 0 unspecified atom stereocenters. The van der Waals surface area contributed by atoms with Gasteiger partial charge in [0.1, 0.15) is 5.82 Å². The highest BCUT2D eigenvalue weighted by molar-refractivity contribution is 6.01. The third-order valence-corrected chi connectivity index (χ3v) is 2.71. The highest BCUT2D eigenvalue weighted by Crippen LogP contribution is 2.19. The Labute approximate surface area is 126 Å². The van der Waals surface area contributed by atoms with E-state index in [0.717, 1.165) is 6.42 Å². The molecule has 2 rings (SSSR count). The molecule has 0 saturated heterocycles. The predicted octanol–water partition coefficient (Wildman–Crippen LogP) is 2.07. The molecule has 0 amide bonds. The Morgan fingerprint density at radius 1 is 1.50 bits per heavy atom. The molecule has 0 aliphatic heterocycles. The maximum absolute atomic E-state index is 13.4. The van der Waals surface area contributed by atoms with Crippen LogP contribution in [0.1, 0.15) is 24.6 Å². The van der Waals surface area contributed by atoms with Gasteiger partial charge in [-0.15, -0.1) is 6.42 Å². The van der Waals surface area contributed by atoms with Crippen LogP contribution in [0.4, 0.5) is 15.9 Å². The van der Waals surface area contributed by atoms with Crippen molar-refractivity contribution in [3.05, 3.63) is 35.3 Å². The fraction of sp³-hybridized carbons (Fsp3) is 0.214. The minimum absolute atomic E-state index is 0.00515. The molecule has 0 aliphatic carbocycles. The molecule has 0 aliphatic rings. The van der Waals surface area contributed by atoms with Gasteiger partial charge in [-0.25, -0.2) is 14.0 Å². The molecule has 0 radical (unpaired) electrons. The summed E-state index contributed by atoms with van der Waals surface area (Å²) in [6.07, 6.45) is 6.08. The Balaban J connectivity index is 2.36. The summed E-state index contributed by atoms with van der Waals surface area (Å²) in [5.41, 5.74) is 2.53. The Bertz CT molecular complexity index is 720. The van der Waals surface area contributed by atoms with Crippen LogP contribution in [0.25, 0.3) is 0 Å². The van der Waals surface area contributed by atoms with Crippen molar-refractivity contribution >= 4 is 17.3 Å². The number of nitrogens with one attached hydrogen (secondary N) is 2. The third kappa shape index (κ3) is 3.39. The number of rotatable bonds is 5. The first-order valence-electron chi connectivity index (χ1n) is 6.51. The molecule has 0 spiro atoms. The van der Waals surface area contributed by atoms with Crippen LogP contribution in [-0.4, -0.2) is 27.9 Å². The van der Waals surface area contributed by atoms with Crippen LogP contribution in [0.5, 0.6) is 0 Å². The van der Waals surface area contributed by atoms with Crippen molar-refractivity contribution in [2.45, 2.75) is 13.3 Å². The van der Waals surface area contributed by atoms with E-state index in [4.69, 9.17) is 6.42 Å². The quantitative estimate of drug-likeness (QED) is 0.339. The Kier molecular flexibility index (Phi) is 5.06. The molecule has 2 aromatic rings. The van der Waals surface area contributed by atoms with Crippen molar-refractivity contribution in [1.82, 2.24) is 15.8 Å². The lowest BCUT2D eigenvalue weighted by atomic mass is 10.2. The van der Waals surface area contributed by atoms with E-state index >= 15 is 0 Å². The van der Waals surface area contributed by atoms with Gasteiger partial charge in [0, 0.05) is 6.54 Å². The van der Waals surface area contributed by atoms with E-state index in [1.54, 1.807) is 0 Å². The largest absolute Gasteiger partial charge is 0.365 e. The van der Waals surface area contributed by atoms with E-state index in [9.17, 15) is 9.60 Å². The van der Waals surface area contributed by atoms with Crippen LogP contribution in [0.15, 0.2) is 27.8 Å². The van der Waals surface area contributed by atoms with Crippen molar-refractivity contribution < 1.29 is 14.2 Å². The molecule has 0 atom stereocenters. The number of nitrogens with zero attached hydrogens (tertiary/aromatic N) is 3. The van der Waals surface area contributed by atoms with Gasteiger partial charge >= 0.3 is 0 Å². The number of aromatic nitrogens is 2. The minimum Gasteiger partial charge on any atom is -0.365 e. The number of halogens is 1. The SMILES string of the molecule is C#Cc1cc(N=C(NO)c2nonc2NCCC)ccc1F. The number of benzene rings is 1. The molecule has 0 fully saturated rings. The summed E-state index contributed by atoms with van der Waals surface area (Å²) in [5, 5.41) is 19.6. The zero-order valence-electron chi connectivity index (χ0n) is 11.8. The Morgan fingerprint density at radius 2 is 2.32 bits per heavy atom. The maximum Gasteiger partial charge on any atom is 0.202 e. The standard InChI is InChI=1S/C14H14FN5O2/c1-3-7-16-13-12(19-22-20-13)14(18-21)17-10-5-6-11(15)9(4-2)8-10/h2,5-6,8,21H,3,7H2,1H3,(H,16,20)(H,17,18). The number of terminal acetylenes is 1. The van der Waals surface area contributed by atoms with E-state index in [1.165, 1.54) is 18.2 Å². The monoisotopic (exact) mass is 303 g/mol. The van der Waals surface area contributed by atoms with Gasteiger partial charge < -0.3 is 5.32 Å². The Morgan fingerprint density at radius 3 is 3.00 bits per heavy atom. The second-order valence-electron chi connectivity index (χ2n) is 4.27. The van der Waals surface area contributed by atoms with E-state index < -0.39 is 5.82 Å². The average Bonchev–Trinajstić information content (AvgIpc) is 3.00. The van der Waals surface area contributed by atoms with Gasteiger partial charge in [0.05, 0.1) is 11.3 Å². The first-order valence-corrected chi connectivity index (χ1v) is 6.51. The molecule has 0 bridgehead atoms. The van der Waals surface area contributed by atoms with Crippen LogP contribution in [0, 0.1) is 18.2 Å². The smallest absolute Gasteiger partial charge is 0.202 e. The fourth-order valence-corrected chi connectivity index (χ4v) is 1.66. The lowest BCUT2D eigenvalue weighted by Crippen LogP contribution is -2.22. The molecule has 7 nitrogen and oxygen atoms in total. The zero-order valence-corrected chi connectivity index (χ0v) is 11.8. The molecule has 3 N–H and O–H groups in total. The van der Waals surface area contributed by atoms with Gasteiger partial charge in [0.2, 0.25) is 5.82 Å². The first kappa shape index (κ1) is 15.5. The van der Waals surface area contributed by atoms with Gasteiger partial charge in [-0.2, -0.15) is 0 Å². The molecule has 22 heavy (non-hydrogen) atoms. The lowest BCUT2D eigenvalue weighted by Gasteiger charge is -2.05.